The average molecular weight is 339 g/mol. The van der Waals surface area contributed by atoms with Gasteiger partial charge in [-0.1, -0.05) is 35.8 Å². The van der Waals surface area contributed by atoms with Crippen LogP contribution in [-0.2, 0) is 9.59 Å². The number of fused-ring (bicyclic) bond motifs is 1. The largest absolute Gasteiger partial charge is 0.481 e. The highest BCUT2D eigenvalue weighted by molar-refractivity contribution is 7.22. The van der Waals surface area contributed by atoms with Crippen molar-refractivity contribution in [3.63, 3.8) is 0 Å². The van der Waals surface area contributed by atoms with Gasteiger partial charge in [-0.15, -0.1) is 0 Å². The Hall–Kier alpha value is -1.66. The molecule has 116 valence electrons. The lowest BCUT2D eigenvalue weighted by Crippen LogP contribution is -2.36. The fourth-order valence-corrected chi connectivity index (χ4v) is 4.04. The molecule has 0 spiro atoms. The number of rotatable bonds is 3. The third-order valence-corrected chi connectivity index (χ3v) is 5.17. The van der Waals surface area contributed by atoms with E-state index in [1.54, 1.807) is 18.2 Å². The van der Waals surface area contributed by atoms with Crippen molar-refractivity contribution in [1.82, 2.24) is 4.98 Å². The normalized spacial score (nSPS) is 21.7. The van der Waals surface area contributed by atoms with Crippen molar-refractivity contribution < 1.29 is 14.7 Å². The van der Waals surface area contributed by atoms with Crippen LogP contribution >= 0.6 is 22.9 Å². The molecule has 3 rings (SSSR count). The minimum Gasteiger partial charge on any atom is -0.481 e. The number of halogens is 1. The summed E-state index contributed by atoms with van der Waals surface area (Å²) in [5.41, 5.74) is 0.767. The fraction of sp³-hybridized carbons (Fsp3) is 0.400. The number of carbonyl (C=O) groups excluding carboxylic acids is 1. The number of anilines is 1. The summed E-state index contributed by atoms with van der Waals surface area (Å²) in [7, 11) is 0. The molecule has 2 aromatic rings. The summed E-state index contributed by atoms with van der Waals surface area (Å²) in [5.74, 6) is -2.23. The Morgan fingerprint density at radius 3 is 2.73 bits per heavy atom. The van der Waals surface area contributed by atoms with Crippen molar-refractivity contribution in [1.29, 1.82) is 0 Å². The Labute approximate surface area is 136 Å². The molecule has 0 unspecified atom stereocenters. The number of nitrogens with zero attached hydrogens (tertiary/aromatic N) is 1. The zero-order valence-electron chi connectivity index (χ0n) is 11.7. The van der Waals surface area contributed by atoms with Crippen LogP contribution < -0.4 is 5.32 Å². The third-order valence-electron chi connectivity index (χ3n) is 4.00. The van der Waals surface area contributed by atoms with Crippen LogP contribution in [0.4, 0.5) is 5.13 Å². The van der Waals surface area contributed by atoms with Gasteiger partial charge in [-0.25, -0.2) is 4.98 Å². The first-order valence-corrected chi connectivity index (χ1v) is 8.34. The van der Waals surface area contributed by atoms with Crippen molar-refractivity contribution in [2.24, 2.45) is 11.8 Å². The molecule has 1 aromatic carbocycles. The Balaban J connectivity index is 1.78. The number of carbonyl (C=O) groups is 2. The molecule has 1 aliphatic carbocycles. The molecule has 1 fully saturated rings. The highest BCUT2D eigenvalue weighted by atomic mass is 35.5. The number of hydrogen-bond donors (Lipinski definition) is 2. The van der Waals surface area contributed by atoms with E-state index in [1.807, 2.05) is 0 Å². The summed E-state index contributed by atoms with van der Waals surface area (Å²) in [6, 6.07) is 5.34. The van der Waals surface area contributed by atoms with Gasteiger partial charge in [0.2, 0.25) is 5.91 Å². The maximum atomic E-state index is 12.4. The van der Waals surface area contributed by atoms with Gasteiger partial charge in [0.1, 0.15) is 0 Å². The van der Waals surface area contributed by atoms with Gasteiger partial charge < -0.3 is 10.4 Å². The minimum atomic E-state index is -0.893. The van der Waals surface area contributed by atoms with Crippen molar-refractivity contribution in [3.05, 3.63) is 23.2 Å². The van der Waals surface area contributed by atoms with E-state index in [0.29, 0.717) is 23.0 Å². The standard InChI is InChI=1S/C15H15ClN2O3S/c16-8-5-6-11-12(7-8)22-15(17-11)18-13(19)9-3-1-2-4-10(9)14(20)21/h5-7,9-10H,1-4H2,(H,20,21)(H,17,18,19)/t9-,10-/m1/s1. The van der Waals surface area contributed by atoms with Crippen LogP contribution in [0.5, 0.6) is 0 Å². The van der Waals surface area contributed by atoms with Crippen LogP contribution in [0.25, 0.3) is 10.2 Å². The molecule has 0 aliphatic heterocycles. The van der Waals surface area contributed by atoms with E-state index in [1.165, 1.54) is 11.3 Å². The van der Waals surface area contributed by atoms with E-state index in [9.17, 15) is 14.7 Å². The van der Waals surface area contributed by atoms with Crippen molar-refractivity contribution >= 4 is 50.2 Å². The molecule has 1 amide bonds. The molecule has 2 N–H and O–H groups in total. The van der Waals surface area contributed by atoms with Gasteiger partial charge in [0.05, 0.1) is 22.1 Å². The fourth-order valence-electron chi connectivity index (χ4n) is 2.89. The van der Waals surface area contributed by atoms with Crippen molar-refractivity contribution in [2.75, 3.05) is 5.32 Å². The van der Waals surface area contributed by atoms with Gasteiger partial charge in [-0.3, -0.25) is 9.59 Å². The predicted octanol–water partition coefficient (Wildman–Crippen LogP) is 3.78. The van der Waals surface area contributed by atoms with Crippen molar-refractivity contribution in [2.45, 2.75) is 25.7 Å². The predicted molar refractivity (Wildman–Crippen MR) is 86.3 cm³/mol. The van der Waals surface area contributed by atoms with Gasteiger partial charge in [-0.05, 0) is 31.0 Å². The summed E-state index contributed by atoms with van der Waals surface area (Å²) in [5, 5.41) is 13.1. The van der Waals surface area contributed by atoms with Crippen LogP contribution in [0.1, 0.15) is 25.7 Å². The number of thiazole rings is 1. The number of benzene rings is 1. The topological polar surface area (TPSA) is 79.3 Å². The van der Waals surface area contributed by atoms with E-state index >= 15 is 0 Å². The van der Waals surface area contributed by atoms with Gasteiger partial charge in [0, 0.05) is 5.02 Å². The lowest BCUT2D eigenvalue weighted by Gasteiger charge is -2.26. The summed E-state index contributed by atoms with van der Waals surface area (Å²) in [4.78, 5) is 28.0. The molecule has 1 saturated carbocycles. The first-order chi connectivity index (χ1) is 10.5. The molecular formula is C15H15ClN2O3S. The smallest absolute Gasteiger partial charge is 0.307 e. The van der Waals surface area contributed by atoms with E-state index in [0.717, 1.165) is 23.1 Å². The Bertz CT molecular complexity index is 731. The lowest BCUT2D eigenvalue weighted by atomic mass is 9.79. The number of carboxylic acids is 1. The molecule has 1 aliphatic rings. The van der Waals surface area contributed by atoms with Gasteiger partial charge in [0.25, 0.3) is 0 Å². The maximum Gasteiger partial charge on any atom is 0.307 e. The molecule has 0 saturated heterocycles. The van der Waals surface area contributed by atoms with Gasteiger partial charge in [0.15, 0.2) is 5.13 Å². The van der Waals surface area contributed by atoms with Crippen LogP contribution in [0.3, 0.4) is 0 Å². The molecule has 5 nitrogen and oxygen atoms in total. The molecule has 2 atom stereocenters. The minimum absolute atomic E-state index is 0.253. The Kier molecular flexibility index (Phi) is 4.31. The number of nitrogens with one attached hydrogen (secondary N) is 1. The second-order valence-corrected chi connectivity index (χ2v) is 6.92. The van der Waals surface area contributed by atoms with Gasteiger partial charge in [-0.2, -0.15) is 0 Å². The second-order valence-electron chi connectivity index (χ2n) is 5.46. The van der Waals surface area contributed by atoms with E-state index in [2.05, 4.69) is 10.3 Å². The molecule has 1 heterocycles. The van der Waals surface area contributed by atoms with E-state index < -0.39 is 17.8 Å². The number of hydrogen-bond acceptors (Lipinski definition) is 4. The summed E-state index contributed by atoms with van der Waals surface area (Å²) in [6.07, 6.45) is 2.92. The molecule has 1 aromatic heterocycles. The van der Waals surface area contributed by atoms with E-state index in [4.69, 9.17) is 11.6 Å². The quantitative estimate of drug-likeness (QED) is 0.892. The number of aromatic nitrogens is 1. The third kappa shape index (κ3) is 3.08. The van der Waals surface area contributed by atoms with Crippen LogP contribution in [0.2, 0.25) is 5.02 Å². The summed E-state index contributed by atoms with van der Waals surface area (Å²) in [6.45, 7) is 0. The number of carboxylic acid groups (broad SMARTS) is 1. The Morgan fingerprint density at radius 2 is 2.00 bits per heavy atom. The second kappa shape index (κ2) is 6.22. The molecule has 0 bridgehead atoms. The van der Waals surface area contributed by atoms with Crippen LogP contribution in [0, 0.1) is 11.8 Å². The molecule has 7 heteroatoms. The summed E-state index contributed by atoms with van der Waals surface area (Å²) < 4.78 is 0.890. The highest BCUT2D eigenvalue weighted by Gasteiger charge is 2.35. The first-order valence-electron chi connectivity index (χ1n) is 7.14. The first kappa shape index (κ1) is 15.2. The van der Waals surface area contributed by atoms with Crippen LogP contribution in [-0.4, -0.2) is 22.0 Å². The molecule has 0 radical (unpaired) electrons. The Morgan fingerprint density at radius 1 is 1.27 bits per heavy atom. The lowest BCUT2D eigenvalue weighted by molar-refractivity contribution is -0.147. The van der Waals surface area contributed by atoms with Crippen molar-refractivity contribution in [3.8, 4) is 0 Å². The van der Waals surface area contributed by atoms with E-state index in [-0.39, 0.29) is 5.91 Å². The number of amides is 1. The van der Waals surface area contributed by atoms with Crippen LogP contribution in [0.15, 0.2) is 18.2 Å². The molecular weight excluding hydrogens is 324 g/mol. The maximum absolute atomic E-state index is 12.4. The summed E-state index contributed by atoms with van der Waals surface area (Å²) >= 11 is 7.27. The number of aliphatic carboxylic acids is 1. The average Bonchev–Trinajstić information content (AvgIpc) is 2.88. The molecule has 22 heavy (non-hydrogen) atoms. The zero-order valence-corrected chi connectivity index (χ0v) is 13.3. The highest BCUT2D eigenvalue weighted by Crippen LogP contribution is 2.33. The van der Waals surface area contributed by atoms with Gasteiger partial charge >= 0.3 is 5.97 Å². The zero-order chi connectivity index (χ0) is 15.7. The monoisotopic (exact) mass is 338 g/mol. The SMILES string of the molecule is O=C(O)[C@@H]1CCCC[C@H]1C(=O)Nc1nc2ccc(Cl)cc2s1.